The lowest BCUT2D eigenvalue weighted by Crippen LogP contribution is -2.29. The van der Waals surface area contributed by atoms with Crippen molar-refractivity contribution in [3.8, 4) is 0 Å². The molecule has 0 heterocycles. The third-order valence-electron chi connectivity index (χ3n) is 2.76. The van der Waals surface area contributed by atoms with Crippen molar-refractivity contribution in [3.63, 3.8) is 0 Å². The molecule has 0 aliphatic carbocycles. The van der Waals surface area contributed by atoms with Crippen molar-refractivity contribution in [2.45, 2.75) is 30.2 Å². The van der Waals surface area contributed by atoms with Gasteiger partial charge in [0.25, 0.3) is 0 Å². The van der Waals surface area contributed by atoms with Gasteiger partial charge in [-0.05, 0) is 17.0 Å². The molecule has 1 rings (SSSR count). The molecule has 0 aromatic heterocycles. The van der Waals surface area contributed by atoms with Gasteiger partial charge in [0.15, 0.2) is 0 Å². The van der Waals surface area contributed by atoms with Crippen molar-refractivity contribution in [3.05, 3.63) is 35.4 Å². The van der Waals surface area contributed by atoms with Crippen LogP contribution in [0.25, 0.3) is 0 Å². The number of rotatable bonds is 6. The second kappa shape index (κ2) is 7.74. The van der Waals surface area contributed by atoms with Gasteiger partial charge in [0.05, 0.1) is 7.11 Å². The van der Waals surface area contributed by atoms with Crippen LogP contribution in [-0.4, -0.2) is 23.5 Å². The van der Waals surface area contributed by atoms with Crippen LogP contribution in [0.15, 0.2) is 24.3 Å². The van der Waals surface area contributed by atoms with Crippen LogP contribution in [0.1, 0.15) is 30.9 Å². The molecule has 0 aliphatic heterocycles. The predicted molar refractivity (Wildman–Crippen MR) is 82.1 cm³/mol. The lowest BCUT2D eigenvalue weighted by molar-refractivity contribution is -0.139. The fourth-order valence-electron chi connectivity index (χ4n) is 1.57. The van der Waals surface area contributed by atoms with Crippen molar-refractivity contribution < 1.29 is 9.53 Å². The van der Waals surface area contributed by atoms with Crippen LogP contribution < -0.4 is 5.32 Å². The lowest BCUT2D eigenvalue weighted by atomic mass is 10.0. The summed E-state index contributed by atoms with van der Waals surface area (Å²) in [5.41, 5.74) is 2.58. The average molecular weight is 361 g/mol. The van der Waals surface area contributed by atoms with E-state index in [2.05, 4.69) is 70.8 Å². The van der Waals surface area contributed by atoms with E-state index in [1.165, 1.54) is 18.2 Å². The van der Waals surface area contributed by atoms with Crippen LogP contribution in [-0.2, 0) is 16.1 Å². The fraction of sp³-hybridized carbons (Fsp3) is 0.500. The van der Waals surface area contributed by atoms with Gasteiger partial charge in [-0.3, -0.25) is 4.79 Å². The minimum Gasteiger partial charge on any atom is -0.468 e. The monoisotopic (exact) mass is 361 g/mol. The standard InChI is InChI=1S/C14H20INO2/c1-10(2)12-6-4-11(5-7-12)8-16-9-13(15)14(17)18-3/h4-7,10,13,16H,8-9H2,1-3H3. The fourth-order valence-corrected chi connectivity index (χ4v) is 2.14. The van der Waals surface area contributed by atoms with Crippen LogP contribution in [0.4, 0.5) is 0 Å². The van der Waals surface area contributed by atoms with E-state index < -0.39 is 0 Å². The number of ether oxygens (including phenoxy) is 1. The molecular weight excluding hydrogens is 341 g/mol. The Morgan fingerprint density at radius 2 is 1.94 bits per heavy atom. The van der Waals surface area contributed by atoms with Gasteiger partial charge >= 0.3 is 5.97 Å². The van der Waals surface area contributed by atoms with Crippen molar-refractivity contribution in [1.82, 2.24) is 5.32 Å². The first-order valence-corrected chi connectivity index (χ1v) is 7.30. The van der Waals surface area contributed by atoms with Gasteiger partial charge in [-0.25, -0.2) is 0 Å². The number of methoxy groups -OCH3 is 1. The molecule has 0 bridgehead atoms. The Morgan fingerprint density at radius 3 is 2.44 bits per heavy atom. The molecule has 0 radical (unpaired) electrons. The minimum absolute atomic E-state index is 0.137. The van der Waals surface area contributed by atoms with E-state index in [4.69, 9.17) is 0 Å². The Kier molecular flexibility index (Phi) is 6.63. The van der Waals surface area contributed by atoms with Gasteiger partial charge in [0.1, 0.15) is 3.92 Å². The largest absolute Gasteiger partial charge is 0.468 e. The van der Waals surface area contributed by atoms with Crippen LogP contribution in [0.3, 0.4) is 0 Å². The van der Waals surface area contributed by atoms with Crippen molar-refractivity contribution in [1.29, 1.82) is 0 Å². The summed E-state index contributed by atoms with van der Waals surface area (Å²) in [6.45, 7) is 5.77. The summed E-state index contributed by atoms with van der Waals surface area (Å²) in [6, 6.07) is 8.57. The summed E-state index contributed by atoms with van der Waals surface area (Å²) in [5, 5.41) is 3.26. The van der Waals surface area contributed by atoms with E-state index in [0.717, 1.165) is 6.54 Å². The second-order valence-corrected chi connectivity index (χ2v) is 6.02. The van der Waals surface area contributed by atoms with E-state index in [1.807, 2.05) is 0 Å². The highest BCUT2D eigenvalue weighted by atomic mass is 127. The molecule has 1 N–H and O–H groups in total. The number of carbonyl (C=O) groups excluding carboxylic acids is 1. The molecule has 0 saturated heterocycles. The molecule has 1 atom stereocenters. The predicted octanol–water partition coefficient (Wildman–Crippen LogP) is 2.88. The number of benzene rings is 1. The summed E-state index contributed by atoms with van der Waals surface area (Å²) >= 11 is 2.09. The van der Waals surface area contributed by atoms with Gasteiger partial charge in [-0.15, -0.1) is 0 Å². The van der Waals surface area contributed by atoms with E-state index >= 15 is 0 Å². The number of hydrogen-bond donors (Lipinski definition) is 1. The molecule has 1 unspecified atom stereocenters. The first kappa shape index (κ1) is 15.4. The molecule has 1 aromatic rings. The van der Waals surface area contributed by atoms with Crippen molar-refractivity contribution in [2.75, 3.05) is 13.7 Å². The zero-order valence-corrected chi connectivity index (χ0v) is 13.2. The first-order valence-electron chi connectivity index (χ1n) is 6.06. The topological polar surface area (TPSA) is 38.3 Å². The molecule has 3 nitrogen and oxygen atoms in total. The quantitative estimate of drug-likeness (QED) is 0.481. The Bertz CT molecular complexity index is 376. The Labute approximate surface area is 122 Å². The maximum absolute atomic E-state index is 11.2. The van der Waals surface area contributed by atoms with E-state index in [9.17, 15) is 4.79 Å². The molecular formula is C14H20INO2. The minimum atomic E-state index is -0.182. The van der Waals surface area contributed by atoms with Crippen LogP contribution in [0.2, 0.25) is 0 Å². The van der Waals surface area contributed by atoms with Crippen LogP contribution in [0, 0.1) is 0 Å². The Balaban J connectivity index is 2.38. The van der Waals surface area contributed by atoms with Gasteiger partial charge in [-0.2, -0.15) is 0 Å². The molecule has 4 heteroatoms. The van der Waals surface area contributed by atoms with Crippen molar-refractivity contribution >= 4 is 28.6 Å². The molecule has 18 heavy (non-hydrogen) atoms. The number of alkyl halides is 1. The number of nitrogens with one attached hydrogen (secondary N) is 1. The zero-order valence-electron chi connectivity index (χ0n) is 11.1. The third-order valence-corrected chi connectivity index (χ3v) is 3.70. The van der Waals surface area contributed by atoms with Gasteiger partial charge in [0, 0.05) is 13.1 Å². The lowest BCUT2D eigenvalue weighted by Gasteiger charge is -2.10. The molecule has 0 aliphatic rings. The van der Waals surface area contributed by atoms with E-state index in [1.54, 1.807) is 0 Å². The molecule has 0 saturated carbocycles. The number of halogens is 1. The SMILES string of the molecule is COC(=O)C(I)CNCc1ccc(C(C)C)cc1. The van der Waals surface area contributed by atoms with Gasteiger partial charge in [0.2, 0.25) is 0 Å². The first-order chi connectivity index (χ1) is 8.54. The number of carbonyl (C=O) groups is 1. The van der Waals surface area contributed by atoms with E-state index in [-0.39, 0.29) is 9.89 Å². The molecule has 0 fully saturated rings. The van der Waals surface area contributed by atoms with E-state index in [0.29, 0.717) is 12.5 Å². The molecule has 0 spiro atoms. The second-order valence-electron chi connectivity index (χ2n) is 4.52. The van der Waals surface area contributed by atoms with Crippen LogP contribution >= 0.6 is 22.6 Å². The summed E-state index contributed by atoms with van der Waals surface area (Å²) < 4.78 is 4.53. The highest BCUT2D eigenvalue weighted by Crippen LogP contribution is 2.14. The summed E-state index contributed by atoms with van der Waals surface area (Å²) in [4.78, 5) is 11.2. The smallest absolute Gasteiger partial charge is 0.319 e. The summed E-state index contributed by atoms with van der Waals surface area (Å²) in [6.07, 6.45) is 0. The van der Waals surface area contributed by atoms with Crippen molar-refractivity contribution in [2.24, 2.45) is 0 Å². The Morgan fingerprint density at radius 1 is 1.33 bits per heavy atom. The normalized spacial score (nSPS) is 12.5. The maximum Gasteiger partial charge on any atom is 0.319 e. The maximum atomic E-state index is 11.2. The number of hydrogen-bond acceptors (Lipinski definition) is 3. The molecule has 100 valence electrons. The molecule has 0 amide bonds. The van der Waals surface area contributed by atoms with Gasteiger partial charge < -0.3 is 10.1 Å². The van der Waals surface area contributed by atoms with Gasteiger partial charge in [-0.1, -0.05) is 60.7 Å². The summed E-state index contributed by atoms with van der Waals surface area (Å²) in [7, 11) is 1.42. The Hall–Kier alpha value is -0.620. The highest BCUT2D eigenvalue weighted by molar-refractivity contribution is 14.1. The van der Waals surface area contributed by atoms with Crippen LogP contribution in [0.5, 0.6) is 0 Å². The average Bonchev–Trinajstić information content (AvgIpc) is 2.38. The highest BCUT2D eigenvalue weighted by Gasteiger charge is 2.13. The summed E-state index contributed by atoms with van der Waals surface area (Å²) in [5.74, 6) is 0.378. The molecule has 1 aromatic carbocycles. The zero-order chi connectivity index (χ0) is 13.5. The third kappa shape index (κ3) is 4.94. The number of esters is 1.